The second-order valence-corrected chi connectivity index (χ2v) is 17.5. The van der Waals surface area contributed by atoms with Crippen LogP contribution in [0.3, 0.4) is 0 Å². The van der Waals surface area contributed by atoms with Gasteiger partial charge in [-0.2, -0.15) is 0 Å². The van der Waals surface area contributed by atoms with Crippen LogP contribution in [-0.4, -0.2) is 62.8 Å². The number of methoxy groups -OCH3 is 1. The molecule has 0 spiro atoms. The normalized spacial score (nSPS) is 13.8. The fourth-order valence-corrected chi connectivity index (χ4v) is 5.57. The smallest absolute Gasteiger partial charge is 0.408 e. The molecule has 10 heteroatoms. The second kappa shape index (κ2) is 14.6. The molecule has 2 rings (SSSR count). The predicted molar refractivity (Wildman–Crippen MR) is 157 cm³/mol. The molecule has 3 atom stereocenters. The highest BCUT2D eigenvalue weighted by atomic mass is 28.3. The summed E-state index contributed by atoms with van der Waals surface area (Å²) in [6, 6.07) is 16.1. The Labute approximate surface area is 238 Å². The highest BCUT2D eigenvalue weighted by Gasteiger charge is 2.33. The number of carbonyl (C=O) groups excluding carboxylic acids is 4. The maximum atomic E-state index is 13.6. The molecule has 0 unspecified atom stereocenters. The molecule has 2 aromatic rings. The zero-order valence-corrected chi connectivity index (χ0v) is 25.6. The molecule has 0 bridgehead atoms. The monoisotopic (exact) mass is 569 g/mol. The summed E-state index contributed by atoms with van der Waals surface area (Å²) in [5.74, 6) is -1.59. The van der Waals surface area contributed by atoms with Crippen molar-refractivity contribution in [3.63, 3.8) is 0 Å². The van der Waals surface area contributed by atoms with Crippen LogP contribution in [0.4, 0.5) is 4.79 Å². The summed E-state index contributed by atoms with van der Waals surface area (Å²) in [5, 5.41) is 8.30. The Hall–Kier alpha value is -3.66. The number of rotatable bonds is 12. The molecular formula is C30H43N3O6Si. The first-order chi connectivity index (χ1) is 18.7. The standard InChI is InChI=1S/C30H43N3O6Si/c1-30(2,3)39-29(37)33-23(18-21-14-10-8-11-15-21)26(34)32-25(20-40(5,6)7)27(35)31-24(28(36)38-4)19-22-16-12-9-13-17-22/h8-17,23-25H,18-20H2,1-7H3,(H,31,35)(H,32,34)(H,33,37)/t23-,24-,25-/m0/s1. The van der Waals surface area contributed by atoms with Crippen molar-refractivity contribution in [3.8, 4) is 0 Å². The van der Waals surface area contributed by atoms with Gasteiger partial charge in [0.1, 0.15) is 23.7 Å². The van der Waals surface area contributed by atoms with Gasteiger partial charge in [0, 0.05) is 20.9 Å². The summed E-state index contributed by atoms with van der Waals surface area (Å²) >= 11 is 0. The SMILES string of the molecule is COC(=O)[C@H](Cc1ccccc1)NC(=O)[C@H](C[Si](C)(C)C)NC(=O)[C@H](Cc1ccccc1)NC(=O)OC(C)(C)C. The van der Waals surface area contributed by atoms with Crippen molar-refractivity contribution in [2.45, 2.75) is 83.0 Å². The van der Waals surface area contributed by atoms with Gasteiger partial charge in [-0.3, -0.25) is 9.59 Å². The summed E-state index contributed by atoms with van der Waals surface area (Å²) < 4.78 is 10.3. The topological polar surface area (TPSA) is 123 Å². The molecular weight excluding hydrogens is 526 g/mol. The van der Waals surface area contributed by atoms with Crippen LogP contribution < -0.4 is 16.0 Å². The minimum Gasteiger partial charge on any atom is -0.467 e. The molecule has 0 aliphatic carbocycles. The van der Waals surface area contributed by atoms with E-state index in [2.05, 4.69) is 35.6 Å². The van der Waals surface area contributed by atoms with Crippen LogP contribution >= 0.6 is 0 Å². The maximum absolute atomic E-state index is 13.6. The lowest BCUT2D eigenvalue weighted by atomic mass is 10.0. The van der Waals surface area contributed by atoms with E-state index in [0.29, 0.717) is 6.04 Å². The Bertz CT molecular complexity index is 1130. The zero-order valence-electron chi connectivity index (χ0n) is 24.6. The van der Waals surface area contributed by atoms with E-state index in [9.17, 15) is 19.2 Å². The van der Waals surface area contributed by atoms with Gasteiger partial charge in [-0.1, -0.05) is 80.3 Å². The van der Waals surface area contributed by atoms with E-state index >= 15 is 0 Å². The lowest BCUT2D eigenvalue weighted by Crippen LogP contribution is -2.58. The van der Waals surface area contributed by atoms with Crippen LogP contribution in [0.1, 0.15) is 31.9 Å². The zero-order chi connectivity index (χ0) is 29.9. The first-order valence-corrected chi connectivity index (χ1v) is 17.1. The first kappa shape index (κ1) is 32.5. The number of hydrogen-bond acceptors (Lipinski definition) is 6. The van der Waals surface area contributed by atoms with Crippen molar-refractivity contribution in [3.05, 3.63) is 71.8 Å². The van der Waals surface area contributed by atoms with E-state index < -0.39 is 55.7 Å². The van der Waals surface area contributed by atoms with E-state index in [0.717, 1.165) is 11.1 Å². The van der Waals surface area contributed by atoms with Gasteiger partial charge >= 0.3 is 12.1 Å². The Kier molecular flexibility index (Phi) is 11.9. The maximum Gasteiger partial charge on any atom is 0.408 e. The molecule has 3 N–H and O–H groups in total. The number of benzene rings is 2. The third-order valence-electron chi connectivity index (χ3n) is 5.82. The van der Waals surface area contributed by atoms with Gasteiger partial charge in [-0.25, -0.2) is 9.59 Å². The molecule has 0 saturated heterocycles. The van der Waals surface area contributed by atoms with Crippen LogP contribution in [0.25, 0.3) is 0 Å². The van der Waals surface area contributed by atoms with E-state index in [-0.39, 0.29) is 12.8 Å². The molecule has 218 valence electrons. The van der Waals surface area contributed by atoms with Crippen molar-refractivity contribution in [1.82, 2.24) is 16.0 Å². The average Bonchev–Trinajstić information content (AvgIpc) is 2.86. The quantitative estimate of drug-likeness (QED) is 0.264. The predicted octanol–water partition coefficient (Wildman–Crippen LogP) is 3.85. The van der Waals surface area contributed by atoms with Crippen molar-refractivity contribution in [2.24, 2.45) is 0 Å². The molecule has 3 amide bonds. The van der Waals surface area contributed by atoms with Gasteiger partial charge in [-0.05, 0) is 37.9 Å². The molecule has 0 radical (unpaired) electrons. The van der Waals surface area contributed by atoms with Gasteiger partial charge in [0.05, 0.1) is 7.11 Å². The number of amides is 3. The Morgan fingerprint density at radius 2 is 1.18 bits per heavy atom. The van der Waals surface area contributed by atoms with E-state index in [1.807, 2.05) is 60.7 Å². The second-order valence-electron chi connectivity index (χ2n) is 12.0. The average molecular weight is 570 g/mol. The van der Waals surface area contributed by atoms with Gasteiger partial charge in [-0.15, -0.1) is 0 Å². The number of carbonyl (C=O) groups is 4. The lowest BCUT2D eigenvalue weighted by Gasteiger charge is -2.29. The molecule has 0 aliphatic rings. The molecule has 0 aromatic heterocycles. The summed E-state index contributed by atoms with van der Waals surface area (Å²) in [6.45, 7) is 11.5. The Balaban J connectivity index is 2.27. The summed E-state index contributed by atoms with van der Waals surface area (Å²) in [7, 11) is -0.619. The number of hydrogen-bond donors (Lipinski definition) is 3. The molecule has 9 nitrogen and oxygen atoms in total. The largest absolute Gasteiger partial charge is 0.467 e. The molecule has 40 heavy (non-hydrogen) atoms. The molecule has 0 heterocycles. The van der Waals surface area contributed by atoms with Gasteiger partial charge < -0.3 is 25.4 Å². The van der Waals surface area contributed by atoms with Crippen molar-refractivity contribution >= 4 is 32.0 Å². The van der Waals surface area contributed by atoms with Crippen molar-refractivity contribution in [2.75, 3.05) is 7.11 Å². The number of alkyl carbamates (subject to hydrolysis) is 1. The van der Waals surface area contributed by atoms with Crippen LogP contribution in [0.15, 0.2) is 60.7 Å². The van der Waals surface area contributed by atoms with E-state index in [1.54, 1.807) is 20.8 Å². The van der Waals surface area contributed by atoms with Crippen molar-refractivity contribution in [1.29, 1.82) is 0 Å². The minimum absolute atomic E-state index is 0.200. The van der Waals surface area contributed by atoms with Gasteiger partial charge in [0.25, 0.3) is 0 Å². The summed E-state index contributed by atoms with van der Waals surface area (Å²) in [5.41, 5.74) is 0.937. The Morgan fingerprint density at radius 1 is 0.725 bits per heavy atom. The van der Waals surface area contributed by atoms with Crippen molar-refractivity contribution < 1.29 is 28.7 Å². The van der Waals surface area contributed by atoms with Crippen LogP contribution in [0.2, 0.25) is 25.7 Å². The molecule has 2 aromatic carbocycles. The first-order valence-electron chi connectivity index (χ1n) is 13.4. The highest BCUT2D eigenvalue weighted by molar-refractivity contribution is 6.76. The number of nitrogens with one attached hydrogen (secondary N) is 3. The van der Waals surface area contributed by atoms with Crippen LogP contribution in [0.5, 0.6) is 0 Å². The fourth-order valence-electron chi connectivity index (χ4n) is 4.06. The Morgan fingerprint density at radius 3 is 1.62 bits per heavy atom. The van der Waals surface area contributed by atoms with E-state index in [1.165, 1.54) is 7.11 Å². The minimum atomic E-state index is -1.89. The summed E-state index contributed by atoms with van der Waals surface area (Å²) in [4.78, 5) is 52.3. The third kappa shape index (κ3) is 12.0. The number of ether oxygens (including phenoxy) is 2. The van der Waals surface area contributed by atoms with E-state index in [4.69, 9.17) is 9.47 Å². The molecule has 0 fully saturated rings. The van der Waals surface area contributed by atoms with Crippen LogP contribution in [-0.2, 0) is 36.7 Å². The molecule has 0 saturated carbocycles. The summed E-state index contributed by atoms with van der Waals surface area (Å²) in [6.07, 6.45) is -0.293. The third-order valence-corrected chi connectivity index (χ3v) is 7.46. The highest BCUT2D eigenvalue weighted by Crippen LogP contribution is 2.15. The van der Waals surface area contributed by atoms with Crippen LogP contribution in [0, 0.1) is 0 Å². The van der Waals surface area contributed by atoms with Gasteiger partial charge in [0.15, 0.2) is 0 Å². The van der Waals surface area contributed by atoms with Gasteiger partial charge in [0.2, 0.25) is 11.8 Å². The fraction of sp³-hybridized carbons (Fsp3) is 0.467. The number of esters is 1. The molecule has 0 aliphatic heterocycles. The lowest BCUT2D eigenvalue weighted by molar-refractivity contribution is -0.145.